The molecule has 0 unspecified atom stereocenters. The van der Waals surface area contributed by atoms with Gasteiger partial charge in [0.1, 0.15) is 12.4 Å². The average Bonchev–Trinajstić information content (AvgIpc) is 2.84. The molecule has 5 heteroatoms. The highest BCUT2D eigenvalue weighted by molar-refractivity contribution is 5.32. The number of likely N-dealkylation sites (N-methyl/N-ethyl adjacent to an activating group) is 1. The Morgan fingerprint density at radius 2 is 2.15 bits per heavy atom. The fraction of sp³-hybridized carbons (Fsp3) is 0.400. The molecule has 1 heterocycles. The van der Waals surface area contributed by atoms with Crippen LogP contribution < -0.4 is 10.5 Å². The van der Waals surface area contributed by atoms with E-state index in [1.54, 1.807) is 0 Å². The zero-order chi connectivity index (χ0) is 14.4. The van der Waals surface area contributed by atoms with E-state index in [0.29, 0.717) is 13.2 Å². The van der Waals surface area contributed by atoms with Gasteiger partial charge in [0.2, 0.25) is 0 Å². The van der Waals surface area contributed by atoms with E-state index in [4.69, 9.17) is 10.5 Å². The van der Waals surface area contributed by atoms with Gasteiger partial charge in [-0.15, -0.1) is 0 Å². The SMILES string of the molecule is CN(CCOc1ccccc1CN)Cc1cnn(C)c1. The van der Waals surface area contributed by atoms with Gasteiger partial charge in [0.05, 0.1) is 6.20 Å². The molecule has 0 bridgehead atoms. The van der Waals surface area contributed by atoms with Crippen LogP contribution in [0.1, 0.15) is 11.1 Å². The first-order chi connectivity index (χ1) is 9.69. The van der Waals surface area contributed by atoms with Gasteiger partial charge in [-0.2, -0.15) is 5.10 Å². The van der Waals surface area contributed by atoms with Crippen molar-refractivity contribution in [3.8, 4) is 5.75 Å². The first-order valence-corrected chi connectivity index (χ1v) is 6.76. The summed E-state index contributed by atoms with van der Waals surface area (Å²) in [6.45, 7) is 2.87. The monoisotopic (exact) mass is 274 g/mol. The number of para-hydroxylation sites is 1. The lowest BCUT2D eigenvalue weighted by Gasteiger charge is -2.17. The van der Waals surface area contributed by atoms with Crippen molar-refractivity contribution in [1.29, 1.82) is 0 Å². The third-order valence-electron chi connectivity index (χ3n) is 3.13. The van der Waals surface area contributed by atoms with E-state index in [9.17, 15) is 0 Å². The largest absolute Gasteiger partial charge is 0.492 e. The van der Waals surface area contributed by atoms with E-state index in [-0.39, 0.29) is 0 Å². The normalized spacial score (nSPS) is 11.0. The van der Waals surface area contributed by atoms with E-state index in [1.165, 1.54) is 5.56 Å². The molecule has 1 aromatic heterocycles. The van der Waals surface area contributed by atoms with Crippen LogP contribution in [0, 0.1) is 0 Å². The van der Waals surface area contributed by atoms with E-state index in [1.807, 2.05) is 48.4 Å². The molecule has 1 aromatic carbocycles. The molecule has 0 saturated carbocycles. The molecule has 0 amide bonds. The van der Waals surface area contributed by atoms with Crippen LogP contribution in [-0.2, 0) is 20.1 Å². The number of aryl methyl sites for hydroxylation is 1. The van der Waals surface area contributed by atoms with E-state index in [2.05, 4.69) is 17.0 Å². The maximum Gasteiger partial charge on any atom is 0.123 e. The second kappa shape index (κ2) is 7.07. The molecule has 20 heavy (non-hydrogen) atoms. The number of nitrogens with zero attached hydrogens (tertiary/aromatic N) is 3. The zero-order valence-electron chi connectivity index (χ0n) is 12.1. The molecular weight excluding hydrogens is 252 g/mol. The van der Waals surface area contributed by atoms with Crippen LogP contribution in [0.5, 0.6) is 5.75 Å². The van der Waals surface area contributed by atoms with Crippen LogP contribution in [0.4, 0.5) is 0 Å². The molecule has 5 nitrogen and oxygen atoms in total. The van der Waals surface area contributed by atoms with Crippen LogP contribution in [0.2, 0.25) is 0 Å². The number of rotatable bonds is 7. The van der Waals surface area contributed by atoms with Gasteiger partial charge in [-0.1, -0.05) is 18.2 Å². The standard InChI is InChI=1S/C15H22N4O/c1-18(11-13-10-17-19(2)12-13)7-8-20-15-6-4-3-5-14(15)9-16/h3-6,10,12H,7-9,11,16H2,1-2H3. The molecule has 0 aliphatic heterocycles. The molecular formula is C15H22N4O. The number of nitrogens with two attached hydrogens (primary N) is 1. The van der Waals surface area contributed by atoms with E-state index in [0.717, 1.165) is 24.4 Å². The summed E-state index contributed by atoms with van der Waals surface area (Å²) in [5.41, 5.74) is 7.94. The summed E-state index contributed by atoms with van der Waals surface area (Å²) in [5, 5.41) is 4.17. The lowest BCUT2D eigenvalue weighted by molar-refractivity contribution is 0.231. The summed E-state index contributed by atoms with van der Waals surface area (Å²) < 4.78 is 7.62. The van der Waals surface area contributed by atoms with E-state index < -0.39 is 0 Å². The molecule has 2 rings (SSSR count). The number of ether oxygens (including phenoxy) is 1. The quantitative estimate of drug-likeness (QED) is 0.829. The van der Waals surface area contributed by atoms with Crippen LogP contribution in [0.25, 0.3) is 0 Å². The molecule has 108 valence electrons. The van der Waals surface area contributed by atoms with Gasteiger partial charge < -0.3 is 10.5 Å². The van der Waals surface area contributed by atoms with Gasteiger partial charge in [-0.05, 0) is 13.1 Å². The molecule has 0 fully saturated rings. The minimum atomic E-state index is 0.502. The van der Waals surface area contributed by atoms with Crippen molar-refractivity contribution in [3.05, 3.63) is 47.8 Å². The van der Waals surface area contributed by atoms with Crippen molar-refractivity contribution >= 4 is 0 Å². The van der Waals surface area contributed by atoms with Crippen molar-refractivity contribution in [2.75, 3.05) is 20.2 Å². The Bertz CT molecular complexity index is 538. The van der Waals surface area contributed by atoms with Crippen molar-refractivity contribution in [1.82, 2.24) is 14.7 Å². The topological polar surface area (TPSA) is 56.3 Å². The van der Waals surface area contributed by atoms with Crippen LogP contribution in [0.3, 0.4) is 0 Å². The van der Waals surface area contributed by atoms with Gasteiger partial charge in [0.15, 0.2) is 0 Å². The molecule has 0 saturated heterocycles. The molecule has 0 aliphatic rings. The Kier molecular flexibility index (Phi) is 5.15. The molecule has 0 aliphatic carbocycles. The lowest BCUT2D eigenvalue weighted by Crippen LogP contribution is -2.24. The summed E-state index contributed by atoms with van der Waals surface area (Å²) in [6.07, 6.45) is 3.92. The minimum absolute atomic E-state index is 0.502. The maximum absolute atomic E-state index is 5.80. The molecule has 0 radical (unpaired) electrons. The second-order valence-corrected chi connectivity index (χ2v) is 4.92. The highest BCUT2D eigenvalue weighted by Crippen LogP contribution is 2.16. The lowest BCUT2D eigenvalue weighted by atomic mass is 10.2. The highest BCUT2D eigenvalue weighted by atomic mass is 16.5. The average molecular weight is 274 g/mol. The second-order valence-electron chi connectivity index (χ2n) is 4.92. The third-order valence-corrected chi connectivity index (χ3v) is 3.13. The number of hydrogen-bond acceptors (Lipinski definition) is 4. The van der Waals surface area contributed by atoms with Gasteiger partial charge in [-0.25, -0.2) is 0 Å². The summed E-state index contributed by atoms with van der Waals surface area (Å²) in [7, 11) is 4.00. The highest BCUT2D eigenvalue weighted by Gasteiger charge is 2.04. The fourth-order valence-electron chi connectivity index (χ4n) is 2.07. The van der Waals surface area contributed by atoms with Crippen molar-refractivity contribution in [2.24, 2.45) is 12.8 Å². The Morgan fingerprint density at radius 3 is 2.85 bits per heavy atom. The first-order valence-electron chi connectivity index (χ1n) is 6.76. The minimum Gasteiger partial charge on any atom is -0.492 e. The van der Waals surface area contributed by atoms with Crippen molar-refractivity contribution in [3.63, 3.8) is 0 Å². The molecule has 0 spiro atoms. The van der Waals surface area contributed by atoms with Crippen LogP contribution in [0.15, 0.2) is 36.7 Å². The van der Waals surface area contributed by atoms with Crippen LogP contribution >= 0.6 is 0 Å². The number of aromatic nitrogens is 2. The first kappa shape index (κ1) is 14.6. The van der Waals surface area contributed by atoms with Crippen LogP contribution in [-0.4, -0.2) is 34.9 Å². The van der Waals surface area contributed by atoms with Gasteiger partial charge in [0, 0.05) is 44.0 Å². The van der Waals surface area contributed by atoms with E-state index >= 15 is 0 Å². The maximum atomic E-state index is 5.80. The fourth-order valence-corrected chi connectivity index (χ4v) is 2.07. The zero-order valence-corrected chi connectivity index (χ0v) is 12.1. The Morgan fingerprint density at radius 1 is 1.35 bits per heavy atom. The number of benzene rings is 1. The summed E-state index contributed by atoms with van der Waals surface area (Å²) in [6, 6.07) is 7.90. The summed E-state index contributed by atoms with van der Waals surface area (Å²) in [5.74, 6) is 0.879. The Hall–Kier alpha value is -1.85. The molecule has 0 atom stereocenters. The third kappa shape index (κ3) is 4.08. The predicted molar refractivity (Wildman–Crippen MR) is 79.4 cm³/mol. The number of hydrogen-bond donors (Lipinski definition) is 1. The van der Waals surface area contributed by atoms with Gasteiger partial charge in [0.25, 0.3) is 0 Å². The van der Waals surface area contributed by atoms with Gasteiger partial charge in [-0.3, -0.25) is 9.58 Å². The molecule has 2 N–H and O–H groups in total. The van der Waals surface area contributed by atoms with Crippen molar-refractivity contribution in [2.45, 2.75) is 13.1 Å². The summed E-state index contributed by atoms with van der Waals surface area (Å²) >= 11 is 0. The Balaban J connectivity index is 1.77. The Labute approximate surface area is 119 Å². The summed E-state index contributed by atoms with van der Waals surface area (Å²) in [4.78, 5) is 2.21. The predicted octanol–water partition coefficient (Wildman–Crippen LogP) is 1.39. The van der Waals surface area contributed by atoms with Crippen molar-refractivity contribution < 1.29 is 4.74 Å². The van der Waals surface area contributed by atoms with Gasteiger partial charge >= 0.3 is 0 Å². The smallest absolute Gasteiger partial charge is 0.123 e. The molecule has 2 aromatic rings.